The van der Waals surface area contributed by atoms with Crippen molar-refractivity contribution in [3.8, 4) is 0 Å². The van der Waals surface area contributed by atoms with Crippen LogP contribution in [0.5, 0.6) is 0 Å². The number of carbonyl (C=O) groups excluding carboxylic acids is 5. The Morgan fingerprint density at radius 1 is 0.650 bits per heavy atom. The summed E-state index contributed by atoms with van der Waals surface area (Å²) in [7, 11) is 1.77. The summed E-state index contributed by atoms with van der Waals surface area (Å²) >= 11 is 0. The van der Waals surface area contributed by atoms with Crippen molar-refractivity contribution in [2.24, 2.45) is 17.8 Å². The number of Topliss-reactive ketones (excluding diaryl/α,β-unsaturated/α-hetero) is 2. The quantitative estimate of drug-likeness (QED) is 0.0705. The van der Waals surface area contributed by atoms with Gasteiger partial charge in [0.2, 0.25) is 11.8 Å². The van der Waals surface area contributed by atoms with Crippen molar-refractivity contribution in [1.29, 1.82) is 0 Å². The van der Waals surface area contributed by atoms with Crippen LogP contribution in [0, 0.1) is 17.8 Å². The van der Waals surface area contributed by atoms with Crippen LogP contribution >= 0.6 is 0 Å². The van der Waals surface area contributed by atoms with Crippen LogP contribution in [0.1, 0.15) is 108 Å². The van der Waals surface area contributed by atoms with E-state index in [1.807, 2.05) is 29.7 Å². The summed E-state index contributed by atoms with van der Waals surface area (Å²) in [6.07, 6.45) is 1.75. The van der Waals surface area contributed by atoms with E-state index in [4.69, 9.17) is 18.9 Å². The molecule has 4 fully saturated rings. The summed E-state index contributed by atoms with van der Waals surface area (Å²) in [5.41, 5.74) is 1.29. The van der Waals surface area contributed by atoms with Crippen molar-refractivity contribution in [3.05, 3.63) is 115 Å². The Kier molecular flexibility index (Phi) is 35.5. The van der Waals surface area contributed by atoms with E-state index < -0.39 is 178 Å². The highest BCUT2D eigenvalue weighted by atomic mass is 16.7. The van der Waals surface area contributed by atoms with Crippen molar-refractivity contribution < 1.29 is 104 Å². The van der Waals surface area contributed by atoms with Gasteiger partial charge in [0, 0.05) is 128 Å². The van der Waals surface area contributed by atoms with Gasteiger partial charge >= 0.3 is 5.97 Å². The second kappa shape index (κ2) is 42.7. The number of hydrogen-bond donors (Lipinski definition) is 14. The van der Waals surface area contributed by atoms with E-state index >= 15 is 0 Å². The van der Waals surface area contributed by atoms with Crippen LogP contribution in [0.15, 0.2) is 109 Å². The number of fused-ring (bicyclic) bond motifs is 2. The summed E-state index contributed by atoms with van der Waals surface area (Å²) in [5.74, 6) is -7.06. The number of nitrogens with zero attached hydrogens (tertiary/aromatic N) is 4. The predicted molar refractivity (Wildman–Crippen MR) is 372 cm³/mol. The Labute approximate surface area is 587 Å². The van der Waals surface area contributed by atoms with Crippen LogP contribution in [0.3, 0.4) is 0 Å². The van der Waals surface area contributed by atoms with E-state index in [9.17, 15) is 85.3 Å². The van der Waals surface area contributed by atoms with Gasteiger partial charge in [0.05, 0.1) is 99.2 Å². The lowest BCUT2D eigenvalue weighted by atomic mass is 9.81. The summed E-state index contributed by atoms with van der Waals surface area (Å²) in [6, 6.07) is 5.63. The number of rotatable bonds is 18. The number of ketones is 2. The number of nitrogens with one attached hydrogen (secondary N) is 2. The SMILES string of the molecule is CNc1ccc(C(=O)CC(O)CCC(C)C2OC(=O)CC(O)CC(=O)CC(O)CC(O)CC(O)CC(O)CC3(O)CC(O)C(C(=O)N4CCN(CCO)CC4)C(CC(O[C@@H]4O[C@H](C)[C@@H](O)[C@H](NC(=O)CN5CCN(CCO)CC5)[C@@H]4O)/C=C/C=C/C=C/C=C\C=C/C=C/C=C/C2C)O3)cc1. The molecule has 27 nitrogen and oxygen atoms in total. The third kappa shape index (κ3) is 28.1. The van der Waals surface area contributed by atoms with Crippen molar-refractivity contribution in [2.45, 2.75) is 195 Å². The summed E-state index contributed by atoms with van der Waals surface area (Å²) < 4.78 is 25.0. The molecule has 5 aliphatic heterocycles. The minimum atomic E-state index is -2.35. The molecule has 4 saturated heterocycles. The van der Waals surface area contributed by atoms with E-state index in [2.05, 4.69) is 15.5 Å². The summed E-state index contributed by atoms with van der Waals surface area (Å²) in [6.45, 7) is 9.71. The minimum Gasteiger partial charge on any atom is -0.461 e. The van der Waals surface area contributed by atoms with E-state index in [-0.39, 0.29) is 69.7 Å². The normalized spacial score (nSPS) is 35.2. The Morgan fingerprint density at radius 2 is 1.19 bits per heavy atom. The number of amides is 2. The third-order valence-corrected chi connectivity index (χ3v) is 19.0. The second-order valence-corrected chi connectivity index (χ2v) is 27.3. The van der Waals surface area contributed by atoms with Crippen molar-refractivity contribution in [1.82, 2.24) is 24.9 Å². The predicted octanol–water partition coefficient (Wildman–Crippen LogP) is 0.565. The first-order valence-electron chi connectivity index (χ1n) is 35.3. The molecule has 2 bridgehead atoms. The van der Waals surface area contributed by atoms with Gasteiger partial charge in [0.25, 0.3) is 0 Å². The van der Waals surface area contributed by atoms with Gasteiger partial charge in [-0.05, 0) is 69.2 Å². The first kappa shape index (κ1) is 83.2. The molecule has 14 N–H and O–H groups in total. The van der Waals surface area contributed by atoms with Gasteiger partial charge < -0.3 is 95.8 Å². The highest BCUT2D eigenvalue weighted by molar-refractivity contribution is 5.96. The molecule has 0 aliphatic carbocycles. The highest BCUT2D eigenvalue weighted by Gasteiger charge is 2.52. The first-order valence-corrected chi connectivity index (χ1v) is 35.3. The third-order valence-electron chi connectivity index (χ3n) is 19.0. The molecule has 2 amide bonds. The fraction of sp³-hybridized carbons (Fsp3) is 0.658. The fourth-order valence-electron chi connectivity index (χ4n) is 13.5. The monoisotopic (exact) mass is 1410 g/mol. The maximum absolute atomic E-state index is 14.7. The number of esters is 1. The number of β-amino-alcohol motifs (C(OH)–C–C–N with tert-alkyl or cyclic N) is 2. The molecule has 0 aromatic heterocycles. The molecule has 5 heterocycles. The smallest absolute Gasteiger partial charge is 0.308 e. The maximum atomic E-state index is 14.7. The molecule has 560 valence electrons. The lowest BCUT2D eigenvalue weighted by Crippen LogP contribution is -2.65. The molecular weight excluding hydrogens is 1300 g/mol. The van der Waals surface area contributed by atoms with E-state index in [0.29, 0.717) is 64.3 Å². The van der Waals surface area contributed by atoms with Crippen LogP contribution in [-0.4, -0.2) is 300 Å². The van der Waals surface area contributed by atoms with Gasteiger partial charge in [-0.1, -0.05) is 98.9 Å². The Hall–Kier alpha value is -5.77. The molecule has 0 radical (unpaired) electrons. The fourth-order valence-corrected chi connectivity index (χ4v) is 13.5. The van der Waals surface area contributed by atoms with Crippen molar-refractivity contribution in [3.63, 3.8) is 0 Å². The molecular formula is C73H112N6O21. The lowest BCUT2D eigenvalue weighted by molar-refractivity contribution is -0.308. The molecule has 0 saturated carbocycles. The largest absolute Gasteiger partial charge is 0.461 e. The van der Waals surface area contributed by atoms with Crippen LogP contribution in [-0.2, 0) is 38.1 Å². The zero-order valence-corrected chi connectivity index (χ0v) is 58.3. The number of anilines is 1. The number of ether oxygens (including phenoxy) is 4. The lowest BCUT2D eigenvalue weighted by Gasteiger charge is -2.47. The van der Waals surface area contributed by atoms with Crippen molar-refractivity contribution >= 4 is 35.0 Å². The molecule has 1 aromatic rings. The first-order chi connectivity index (χ1) is 47.8. The van der Waals surface area contributed by atoms with Crippen LogP contribution in [0.2, 0.25) is 0 Å². The molecule has 6 rings (SSSR count). The Bertz CT molecular complexity index is 2880. The second-order valence-electron chi connectivity index (χ2n) is 27.3. The van der Waals surface area contributed by atoms with E-state index in [1.54, 1.807) is 122 Å². The molecule has 0 spiro atoms. The van der Waals surface area contributed by atoms with Gasteiger partial charge in [0.15, 0.2) is 17.9 Å². The van der Waals surface area contributed by atoms with Gasteiger partial charge in [-0.15, -0.1) is 0 Å². The van der Waals surface area contributed by atoms with Gasteiger partial charge in [-0.3, -0.25) is 38.7 Å². The van der Waals surface area contributed by atoms with Crippen LogP contribution in [0.25, 0.3) is 0 Å². The van der Waals surface area contributed by atoms with Crippen LogP contribution < -0.4 is 10.6 Å². The van der Waals surface area contributed by atoms with Crippen molar-refractivity contribution in [2.75, 3.05) is 97.6 Å². The number of benzene rings is 1. The van der Waals surface area contributed by atoms with E-state index in [1.165, 1.54) is 0 Å². The molecule has 5 aliphatic rings. The zero-order valence-electron chi connectivity index (χ0n) is 58.3. The minimum absolute atomic E-state index is 0.00958. The number of aliphatic hydroxyl groups is 12. The zero-order chi connectivity index (χ0) is 72.9. The summed E-state index contributed by atoms with van der Waals surface area (Å²) in [5, 5.41) is 139. The van der Waals surface area contributed by atoms with Gasteiger partial charge in [-0.25, -0.2) is 0 Å². The molecule has 14 unspecified atom stereocenters. The highest BCUT2D eigenvalue weighted by Crippen LogP contribution is 2.39. The summed E-state index contributed by atoms with van der Waals surface area (Å²) in [4.78, 5) is 75.4. The Morgan fingerprint density at radius 3 is 1.78 bits per heavy atom. The Balaban J connectivity index is 1.23. The van der Waals surface area contributed by atoms with Crippen LogP contribution in [0.4, 0.5) is 5.69 Å². The number of cyclic esters (lactones) is 1. The van der Waals surface area contributed by atoms with E-state index in [0.717, 1.165) is 5.69 Å². The average molecular weight is 1410 g/mol. The molecule has 1 aromatic carbocycles. The number of piperazine rings is 2. The maximum Gasteiger partial charge on any atom is 0.308 e. The van der Waals surface area contributed by atoms with Gasteiger partial charge in [-0.2, -0.15) is 0 Å². The molecule has 27 heteroatoms. The van der Waals surface area contributed by atoms with Gasteiger partial charge in [0.1, 0.15) is 24.1 Å². The standard InChI is InChI=1S/C73H112N6O21/c1-48-17-15-13-11-9-7-5-6-8-10-12-14-16-18-60(98-72-69(94)67(68(93)50(3)97-72)75-64(91)47-78-27-25-76(26-28-78)33-35-80)44-63-66(71(95)79-31-29-77(30-32-79)34-36-81)62(90)46-73(96,100-63)45-59(88)41-57(86)39-55(84)37-54(83)38-56(85)40-58(87)43-65(92)99-70(48)49(2)19-24-53(82)42-61(89)51-20-22-52(74-4)23-21-51/h5-18,20-23,48-50,53-55,57-60,62-63,66-70,72,74,80-84,86-88,90,93-94,96H,19,24-47H2,1-4H3,(H,75,91)/b6-5-,9-7-,10-8+,13-11+,14-12+,17-15+,18-16+/t48?,49?,50-,53?,54?,55?,57?,58?,59?,60?,62?,63?,66?,67+,68-,69+,70?,72+,73?/m1/s1. The number of carbonyl (C=O) groups is 5. The number of aliphatic hydroxyl groups excluding tert-OH is 11. The molecule has 19 atom stereocenters. The number of hydrogen-bond acceptors (Lipinski definition) is 25. The molecule has 100 heavy (non-hydrogen) atoms. The number of allylic oxidation sites excluding steroid dienone is 12. The topological polar surface area (TPSA) is 402 Å². The average Bonchev–Trinajstić information content (AvgIpc) is 0.780.